The van der Waals surface area contributed by atoms with Crippen molar-refractivity contribution in [2.75, 3.05) is 0 Å². The van der Waals surface area contributed by atoms with E-state index in [0.717, 1.165) is 0 Å². The Labute approximate surface area is 180 Å². The Bertz CT molecular complexity index is 729. The number of carbonyl (C=O) groups is 2. The zero-order valence-electron chi connectivity index (χ0n) is 18.9. The molecule has 4 nitrogen and oxygen atoms in total. The van der Waals surface area contributed by atoms with Crippen molar-refractivity contribution in [3.8, 4) is 0 Å². The first-order chi connectivity index (χ1) is 14.2. The predicted molar refractivity (Wildman–Crippen MR) is 119 cm³/mol. The highest BCUT2D eigenvalue weighted by molar-refractivity contribution is 5.90. The lowest BCUT2D eigenvalue weighted by molar-refractivity contribution is -0.0474. The molecule has 0 aromatic heterocycles. The van der Waals surface area contributed by atoms with E-state index in [1.54, 1.807) is 24.3 Å². The monoisotopic (exact) mass is 410 g/mol. The Morgan fingerprint density at radius 1 is 0.567 bits per heavy atom. The van der Waals surface area contributed by atoms with Gasteiger partial charge >= 0.3 is 11.9 Å². The van der Waals surface area contributed by atoms with Gasteiger partial charge in [0.15, 0.2) is 0 Å². The van der Waals surface area contributed by atoms with Crippen LogP contribution >= 0.6 is 0 Å². The Balaban J connectivity index is 2.15. The van der Waals surface area contributed by atoms with E-state index >= 15 is 0 Å². The number of esters is 2. The van der Waals surface area contributed by atoms with Crippen molar-refractivity contribution in [3.63, 3.8) is 0 Å². The lowest BCUT2D eigenvalue weighted by Crippen LogP contribution is -2.41. The van der Waals surface area contributed by atoms with Crippen molar-refractivity contribution >= 4 is 11.9 Å². The summed E-state index contributed by atoms with van der Waals surface area (Å²) in [6.07, 6.45) is -0.575. The minimum absolute atomic E-state index is 0.00800. The topological polar surface area (TPSA) is 52.6 Å². The average Bonchev–Trinajstić information content (AvgIpc) is 2.75. The molecule has 4 unspecified atom stereocenters. The van der Waals surface area contributed by atoms with Gasteiger partial charge in [-0.05, 0) is 47.9 Å². The highest BCUT2D eigenvalue weighted by Gasteiger charge is 2.36. The number of benzene rings is 2. The van der Waals surface area contributed by atoms with E-state index in [1.807, 2.05) is 64.1 Å². The maximum Gasteiger partial charge on any atom is 0.338 e. The molecule has 0 bridgehead atoms. The van der Waals surface area contributed by atoms with Gasteiger partial charge in [0.05, 0.1) is 11.1 Å². The van der Waals surface area contributed by atoms with E-state index in [0.29, 0.717) is 11.1 Å². The molecule has 0 amide bonds. The zero-order chi connectivity index (χ0) is 22.3. The molecule has 0 aliphatic rings. The second-order valence-corrected chi connectivity index (χ2v) is 8.68. The van der Waals surface area contributed by atoms with Crippen LogP contribution in [0, 0.1) is 23.7 Å². The van der Waals surface area contributed by atoms with Crippen molar-refractivity contribution in [3.05, 3.63) is 71.8 Å². The minimum Gasteiger partial charge on any atom is -0.458 e. The summed E-state index contributed by atoms with van der Waals surface area (Å²) in [4.78, 5) is 25.3. The highest BCUT2D eigenvalue weighted by atomic mass is 16.6. The molecule has 0 heterocycles. The summed E-state index contributed by atoms with van der Waals surface area (Å²) in [5.41, 5.74) is 1.08. The van der Waals surface area contributed by atoms with Crippen LogP contribution in [0.3, 0.4) is 0 Å². The fourth-order valence-electron chi connectivity index (χ4n) is 3.83. The summed E-state index contributed by atoms with van der Waals surface area (Å²) in [5.74, 6) is -0.366. The molecular formula is C26H34O4. The van der Waals surface area contributed by atoms with Crippen LogP contribution in [-0.4, -0.2) is 24.1 Å². The van der Waals surface area contributed by atoms with E-state index < -0.39 is 0 Å². The van der Waals surface area contributed by atoms with Crippen LogP contribution < -0.4 is 0 Å². The highest BCUT2D eigenvalue weighted by Crippen LogP contribution is 2.31. The minimum atomic E-state index is -0.323. The first-order valence-electron chi connectivity index (χ1n) is 10.7. The maximum absolute atomic E-state index is 12.6. The lowest BCUT2D eigenvalue weighted by atomic mass is 9.79. The Hall–Kier alpha value is -2.62. The fraction of sp³-hybridized carbons (Fsp3) is 0.462. The third kappa shape index (κ3) is 6.19. The molecule has 0 saturated carbocycles. The fourth-order valence-corrected chi connectivity index (χ4v) is 3.83. The van der Waals surface area contributed by atoms with Gasteiger partial charge in [-0.25, -0.2) is 9.59 Å². The number of ether oxygens (including phenoxy) is 2. The quantitative estimate of drug-likeness (QED) is 0.474. The van der Waals surface area contributed by atoms with Gasteiger partial charge in [0.1, 0.15) is 12.2 Å². The van der Waals surface area contributed by atoms with Crippen LogP contribution in [0.1, 0.15) is 62.3 Å². The zero-order valence-corrected chi connectivity index (χ0v) is 18.9. The predicted octanol–water partition coefficient (Wildman–Crippen LogP) is 6.02. The third-order valence-corrected chi connectivity index (χ3v) is 5.69. The molecule has 30 heavy (non-hydrogen) atoms. The van der Waals surface area contributed by atoms with Crippen LogP contribution in [-0.2, 0) is 9.47 Å². The Morgan fingerprint density at radius 3 is 1.13 bits per heavy atom. The molecule has 0 spiro atoms. The summed E-state index contributed by atoms with van der Waals surface area (Å²) in [6.45, 7) is 12.3. The molecular weight excluding hydrogens is 376 g/mol. The second-order valence-electron chi connectivity index (χ2n) is 8.68. The molecule has 4 atom stereocenters. The molecule has 2 aromatic rings. The molecule has 162 valence electrons. The summed E-state index contributed by atoms with van der Waals surface area (Å²) in [7, 11) is 0. The van der Waals surface area contributed by atoms with Crippen LogP contribution in [0.25, 0.3) is 0 Å². The summed E-state index contributed by atoms with van der Waals surface area (Å²) in [5, 5.41) is 0. The van der Waals surface area contributed by atoms with Gasteiger partial charge in [-0.1, -0.05) is 77.9 Å². The van der Waals surface area contributed by atoms with E-state index in [-0.39, 0.29) is 47.8 Å². The van der Waals surface area contributed by atoms with Crippen LogP contribution in [0.15, 0.2) is 60.7 Å². The summed E-state index contributed by atoms with van der Waals surface area (Å²) < 4.78 is 11.8. The molecule has 0 radical (unpaired) electrons. The van der Waals surface area contributed by atoms with Gasteiger partial charge in [-0.15, -0.1) is 0 Å². The summed E-state index contributed by atoms with van der Waals surface area (Å²) in [6, 6.07) is 18.1. The Kier molecular flexibility index (Phi) is 8.64. The molecule has 0 N–H and O–H groups in total. The van der Waals surface area contributed by atoms with E-state index in [9.17, 15) is 9.59 Å². The lowest BCUT2D eigenvalue weighted by Gasteiger charge is -2.36. The second kappa shape index (κ2) is 11.0. The number of hydrogen-bond acceptors (Lipinski definition) is 4. The molecule has 4 heteroatoms. The van der Waals surface area contributed by atoms with Crippen molar-refractivity contribution < 1.29 is 19.1 Å². The molecule has 0 saturated heterocycles. The van der Waals surface area contributed by atoms with Gasteiger partial charge < -0.3 is 9.47 Å². The number of carbonyl (C=O) groups excluding carboxylic acids is 2. The van der Waals surface area contributed by atoms with Crippen molar-refractivity contribution in [1.82, 2.24) is 0 Å². The molecule has 2 aromatic carbocycles. The van der Waals surface area contributed by atoms with Gasteiger partial charge in [-0.2, -0.15) is 0 Å². The van der Waals surface area contributed by atoms with Gasteiger partial charge in [0.25, 0.3) is 0 Å². The Morgan fingerprint density at radius 2 is 0.867 bits per heavy atom. The molecule has 0 aliphatic carbocycles. The smallest absolute Gasteiger partial charge is 0.338 e. The first-order valence-corrected chi connectivity index (χ1v) is 10.7. The van der Waals surface area contributed by atoms with Crippen LogP contribution in [0.4, 0.5) is 0 Å². The summed E-state index contributed by atoms with van der Waals surface area (Å²) >= 11 is 0. The molecule has 0 aliphatic heterocycles. The third-order valence-electron chi connectivity index (χ3n) is 5.69. The standard InChI is InChI=1S/C26H34O4/c1-17(2)23(29-25(27)21-13-9-7-10-14-21)19(5)20(6)24(18(3)4)30-26(28)22-15-11-8-12-16-22/h7-20,23-24H,1-6H3. The van der Waals surface area contributed by atoms with Crippen molar-refractivity contribution in [2.45, 2.75) is 53.8 Å². The maximum atomic E-state index is 12.6. The van der Waals surface area contributed by atoms with Gasteiger partial charge in [0.2, 0.25) is 0 Å². The van der Waals surface area contributed by atoms with Crippen LogP contribution in [0.2, 0.25) is 0 Å². The van der Waals surface area contributed by atoms with E-state index in [4.69, 9.17) is 9.47 Å². The number of rotatable bonds is 9. The molecule has 2 rings (SSSR count). The number of hydrogen-bond donors (Lipinski definition) is 0. The van der Waals surface area contributed by atoms with Crippen molar-refractivity contribution in [1.29, 1.82) is 0 Å². The van der Waals surface area contributed by atoms with E-state index in [2.05, 4.69) is 13.8 Å². The largest absolute Gasteiger partial charge is 0.458 e. The van der Waals surface area contributed by atoms with Gasteiger partial charge in [-0.3, -0.25) is 0 Å². The van der Waals surface area contributed by atoms with Crippen LogP contribution in [0.5, 0.6) is 0 Å². The van der Waals surface area contributed by atoms with Gasteiger partial charge in [0, 0.05) is 0 Å². The normalized spacial score (nSPS) is 15.3. The van der Waals surface area contributed by atoms with Crippen molar-refractivity contribution in [2.24, 2.45) is 23.7 Å². The average molecular weight is 411 g/mol. The van der Waals surface area contributed by atoms with E-state index in [1.165, 1.54) is 0 Å². The SMILES string of the molecule is CC(C)C(OC(=O)c1ccccc1)C(C)C(C)C(OC(=O)c1ccccc1)C(C)C. The first kappa shape index (κ1) is 23.7. The molecule has 0 fully saturated rings.